The third-order valence-corrected chi connectivity index (χ3v) is 3.43. The van der Waals surface area contributed by atoms with Gasteiger partial charge in [0.1, 0.15) is 6.61 Å². The summed E-state index contributed by atoms with van der Waals surface area (Å²) in [6, 6.07) is 0.437. The van der Waals surface area contributed by atoms with Crippen LogP contribution in [0.5, 0.6) is 0 Å². The van der Waals surface area contributed by atoms with E-state index in [2.05, 4.69) is 10.1 Å². The van der Waals surface area contributed by atoms with Gasteiger partial charge in [0, 0.05) is 12.6 Å². The Kier molecular flexibility index (Phi) is 6.27. The van der Waals surface area contributed by atoms with Crippen LogP contribution in [0.3, 0.4) is 0 Å². The molecule has 17 heavy (non-hydrogen) atoms. The Morgan fingerprint density at radius 1 is 1.18 bits per heavy atom. The van der Waals surface area contributed by atoms with Crippen molar-refractivity contribution in [3.63, 3.8) is 0 Å². The molecule has 0 spiro atoms. The number of hydrogen-bond acceptors (Lipinski definition) is 2. The quantitative estimate of drug-likeness (QED) is 0.600. The molecule has 5 heteroatoms. The Balaban J connectivity index is 2.23. The van der Waals surface area contributed by atoms with Gasteiger partial charge in [-0.1, -0.05) is 19.3 Å². The van der Waals surface area contributed by atoms with Gasteiger partial charge in [-0.05, 0) is 32.2 Å². The first-order valence-corrected chi connectivity index (χ1v) is 6.34. The van der Waals surface area contributed by atoms with Crippen molar-refractivity contribution in [2.24, 2.45) is 5.92 Å². The van der Waals surface area contributed by atoms with Gasteiger partial charge in [-0.25, -0.2) is 0 Å². The van der Waals surface area contributed by atoms with Crippen molar-refractivity contribution < 1.29 is 17.9 Å². The lowest BCUT2D eigenvalue weighted by molar-refractivity contribution is -0.174. The highest BCUT2D eigenvalue weighted by molar-refractivity contribution is 4.78. The van der Waals surface area contributed by atoms with Gasteiger partial charge in [-0.3, -0.25) is 0 Å². The lowest BCUT2D eigenvalue weighted by Crippen LogP contribution is -2.33. The highest BCUT2D eigenvalue weighted by Crippen LogP contribution is 2.26. The Morgan fingerprint density at radius 3 is 2.53 bits per heavy atom. The van der Waals surface area contributed by atoms with Crippen molar-refractivity contribution in [2.45, 2.75) is 50.7 Å². The van der Waals surface area contributed by atoms with Crippen LogP contribution in [-0.4, -0.2) is 32.5 Å². The fraction of sp³-hybridized carbons (Fsp3) is 1.00. The summed E-state index contributed by atoms with van der Waals surface area (Å²) in [5.74, 6) is 0.454. The highest BCUT2D eigenvalue weighted by Gasteiger charge is 2.28. The molecular weight excluding hydrogens is 231 g/mol. The molecule has 0 heterocycles. The van der Waals surface area contributed by atoms with Crippen LogP contribution < -0.4 is 5.32 Å². The Hall–Kier alpha value is -0.290. The molecule has 0 saturated heterocycles. The summed E-state index contributed by atoms with van der Waals surface area (Å²) >= 11 is 0. The summed E-state index contributed by atoms with van der Waals surface area (Å²) in [6.07, 6.45) is 2.38. The second-order valence-electron chi connectivity index (χ2n) is 4.75. The molecule has 0 aromatic rings. The van der Waals surface area contributed by atoms with E-state index in [1.165, 1.54) is 19.3 Å². The van der Waals surface area contributed by atoms with E-state index in [4.69, 9.17) is 0 Å². The van der Waals surface area contributed by atoms with E-state index >= 15 is 0 Å². The largest absolute Gasteiger partial charge is 0.411 e. The standard InChI is InChI=1S/C12H22F3NO/c1-16-11-6-4-2-3-5-10(11)7-8-17-9-12(13,14)15/h10-11,16H,2-9H2,1H3. The third kappa shape index (κ3) is 6.27. The Morgan fingerprint density at radius 2 is 1.88 bits per heavy atom. The molecule has 0 amide bonds. The highest BCUT2D eigenvalue weighted by atomic mass is 19.4. The molecule has 2 atom stereocenters. The first-order chi connectivity index (χ1) is 8.03. The molecule has 1 aliphatic carbocycles. The summed E-state index contributed by atoms with van der Waals surface area (Å²) in [4.78, 5) is 0. The molecule has 2 nitrogen and oxygen atoms in total. The van der Waals surface area contributed by atoms with Gasteiger partial charge in [0.2, 0.25) is 0 Å². The molecule has 0 aromatic heterocycles. The minimum atomic E-state index is -4.20. The lowest BCUT2D eigenvalue weighted by atomic mass is 9.92. The van der Waals surface area contributed by atoms with Crippen LogP contribution in [0.4, 0.5) is 13.2 Å². The number of alkyl halides is 3. The van der Waals surface area contributed by atoms with Crippen LogP contribution in [0, 0.1) is 5.92 Å². The zero-order chi connectivity index (χ0) is 12.7. The molecule has 102 valence electrons. The maximum Gasteiger partial charge on any atom is 0.411 e. The number of halogens is 3. The summed E-state index contributed by atoms with van der Waals surface area (Å²) in [5, 5.41) is 3.27. The van der Waals surface area contributed by atoms with E-state index < -0.39 is 12.8 Å². The second kappa shape index (κ2) is 7.21. The van der Waals surface area contributed by atoms with E-state index in [1.807, 2.05) is 7.05 Å². The monoisotopic (exact) mass is 253 g/mol. The van der Waals surface area contributed by atoms with Crippen LogP contribution in [0.1, 0.15) is 38.5 Å². The van der Waals surface area contributed by atoms with Crippen LogP contribution in [0.25, 0.3) is 0 Å². The summed E-state index contributed by atoms with van der Waals surface area (Å²) in [7, 11) is 1.93. The van der Waals surface area contributed by atoms with Crippen LogP contribution in [0.2, 0.25) is 0 Å². The van der Waals surface area contributed by atoms with Crippen LogP contribution in [-0.2, 0) is 4.74 Å². The SMILES string of the molecule is CNC1CCCCCC1CCOCC(F)(F)F. The van der Waals surface area contributed by atoms with Gasteiger partial charge in [-0.2, -0.15) is 13.2 Å². The predicted octanol–water partition coefficient (Wildman–Crippen LogP) is 3.12. The second-order valence-corrected chi connectivity index (χ2v) is 4.75. The molecule has 1 rings (SSSR count). The van der Waals surface area contributed by atoms with Gasteiger partial charge in [0.15, 0.2) is 0 Å². The maximum atomic E-state index is 11.9. The zero-order valence-corrected chi connectivity index (χ0v) is 10.4. The number of hydrogen-bond donors (Lipinski definition) is 1. The van der Waals surface area contributed by atoms with Gasteiger partial charge < -0.3 is 10.1 Å². The van der Waals surface area contributed by atoms with E-state index in [9.17, 15) is 13.2 Å². The minimum Gasteiger partial charge on any atom is -0.372 e. The van der Waals surface area contributed by atoms with Gasteiger partial charge >= 0.3 is 6.18 Å². The molecule has 0 aromatic carbocycles. The number of rotatable bonds is 5. The van der Waals surface area contributed by atoms with E-state index in [0.717, 1.165) is 19.3 Å². The van der Waals surface area contributed by atoms with Gasteiger partial charge in [-0.15, -0.1) is 0 Å². The lowest BCUT2D eigenvalue weighted by Gasteiger charge is -2.24. The molecular formula is C12H22F3NO. The molecule has 0 aliphatic heterocycles. The number of ether oxygens (including phenoxy) is 1. The van der Waals surface area contributed by atoms with E-state index in [1.54, 1.807) is 0 Å². The maximum absolute atomic E-state index is 11.9. The Bertz CT molecular complexity index is 208. The Labute approximate surface area is 101 Å². The molecule has 1 aliphatic rings. The van der Waals surface area contributed by atoms with Gasteiger partial charge in [0.05, 0.1) is 0 Å². The average molecular weight is 253 g/mol. The number of nitrogens with one attached hydrogen (secondary N) is 1. The molecule has 1 saturated carbocycles. The molecule has 0 radical (unpaired) electrons. The first kappa shape index (κ1) is 14.8. The van der Waals surface area contributed by atoms with Crippen molar-refractivity contribution in [1.29, 1.82) is 0 Å². The zero-order valence-electron chi connectivity index (χ0n) is 10.4. The molecule has 1 fully saturated rings. The molecule has 1 N–H and O–H groups in total. The summed E-state index contributed by atoms with van der Waals surface area (Å²) < 4.78 is 40.4. The summed E-state index contributed by atoms with van der Waals surface area (Å²) in [5.41, 5.74) is 0. The van der Waals surface area contributed by atoms with Crippen molar-refractivity contribution in [2.75, 3.05) is 20.3 Å². The first-order valence-electron chi connectivity index (χ1n) is 6.34. The predicted molar refractivity (Wildman–Crippen MR) is 60.9 cm³/mol. The fourth-order valence-corrected chi connectivity index (χ4v) is 2.53. The third-order valence-electron chi connectivity index (χ3n) is 3.43. The van der Waals surface area contributed by atoms with Crippen LogP contribution in [0.15, 0.2) is 0 Å². The fourth-order valence-electron chi connectivity index (χ4n) is 2.53. The van der Waals surface area contributed by atoms with Crippen molar-refractivity contribution in [3.8, 4) is 0 Å². The molecule has 0 bridgehead atoms. The van der Waals surface area contributed by atoms with Crippen LogP contribution >= 0.6 is 0 Å². The van der Waals surface area contributed by atoms with E-state index in [0.29, 0.717) is 12.0 Å². The van der Waals surface area contributed by atoms with Gasteiger partial charge in [0.25, 0.3) is 0 Å². The van der Waals surface area contributed by atoms with E-state index in [-0.39, 0.29) is 6.61 Å². The smallest absolute Gasteiger partial charge is 0.372 e. The minimum absolute atomic E-state index is 0.211. The van der Waals surface area contributed by atoms with Crippen molar-refractivity contribution in [3.05, 3.63) is 0 Å². The summed E-state index contributed by atoms with van der Waals surface area (Å²) in [6.45, 7) is -0.910. The average Bonchev–Trinajstić information content (AvgIpc) is 2.47. The normalized spacial score (nSPS) is 26.8. The topological polar surface area (TPSA) is 21.3 Å². The molecule has 2 unspecified atom stereocenters. The van der Waals surface area contributed by atoms with Crippen molar-refractivity contribution in [1.82, 2.24) is 5.32 Å². The van der Waals surface area contributed by atoms with Crippen molar-refractivity contribution >= 4 is 0 Å².